The van der Waals surface area contributed by atoms with E-state index >= 15 is 0 Å². The van der Waals surface area contributed by atoms with Crippen LogP contribution in [0, 0.1) is 29.4 Å². The molecule has 0 spiro atoms. The van der Waals surface area contributed by atoms with E-state index in [9.17, 15) is 56.2 Å². The zero-order valence-electron chi connectivity index (χ0n) is 78.2. The maximum absolute atomic E-state index is 13.6. The van der Waals surface area contributed by atoms with Crippen LogP contribution < -0.4 is 67.3 Å². The smallest absolute Gasteiger partial charge is 0.612 e. The standard InChI is InChI=1S/C20H24BrN6O8P.2C10H12BrClNO4P.C6H5BrCl2O2P.C6H4BrCl2O2P.C6H5BrO.2C6H15N.C4H9NO2.C4H10O.CHCl3.Cl3HOP.ClH/c1-11-9-27(20(30)23-18(11)28)17-8-15(24-26-22)16(34-17)10-33-36(31,25-12(2)19(29)32-3)35-14-6-4-13(21)5-7-14;2*1-7(10(14)16-2)13-18(12,15)17-9-5-3-8(11)4-6-9;2*7-5-1-3-6(4-2-5)11-12(8,9)10;7-5-1-3-6(8)4-2-5;2*1-4-7(5-2)6-3;1-3(5)4(6)7-2;1-3-5-4-2;2-1(3)4;1-5(2,3)4;/h4-7,9,12,15-17H,8,10H2,1-3H3,(H,25,31)(H,23,28,30);2*3-7H,1-2H3,(H,13,15);1-4,8H;1-4H;1-4,8H;2*4-6H2,1-3H3;3H,5H2,1-2H3;3-4H2,1-2H3;1H;1H;1H/q;;;+1;;;;;;;;+1;/t12?,15?,16-,17-,36?;;;;;;;;3-;;;;/m1.......0..../s1. The molecule has 0 bridgehead atoms. The lowest BCUT2D eigenvalue weighted by molar-refractivity contribution is -0.402. The van der Waals surface area contributed by atoms with Crippen molar-refractivity contribution in [3.63, 3.8) is 0 Å². The van der Waals surface area contributed by atoms with Gasteiger partial charge >= 0.3 is 68.4 Å². The number of halogens is 19. The number of carbonyl (C=O) groups is 4. The molecule has 0 aliphatic carbocycles. The first-order chi connectivity index (χ1) is 64.5. The molecule has 140 heavy (non-hydrogen) atoms. The summed E-state index contributed by atoms with van der Waals surface area (Å²) in [5, 5.41) is 16.6. The number of hydrogen-bond acceptors (Lipinski definition) is 28. The average Bonchev–Trinajstić information content (AvgIpc) is 1.66. The van der Waals surface area contributed by atoms with Gasteiger partial charge in [-0.2, -0.15) is 9.65 Å². The molecule has 8 rings (SSSR count). The first-order valence-electron chi connectivity index (χ1n) is 40.2. The SMILES string of the molecule is CCN(CC)CC.CCN(CC)CC.CCOCC.COC(=O)C(C)NP(=O)(Cl)Oc1ccc(Br)cc1.COC(=O)C(C)NP(=O)(Cl)Oc1ccc(Br)cc1.COC(=O)C(C)NP(=O)(OC[C@H]1O[C@@H](n2cc(C)c(=O)[nH]c2=O)CC1N=[N+]=[N-])Oc1ccc(Br)cc1.COC(=O)[C@H](C)[NH3+].ClC(Cl)Cl.O=P(Cl)(Cl)Oc1ccc(Br)cc1.O=P(Cl)(Cl)[ClH+].O=P(Cl)([ClH+])Oc1ccc(Br)cc1.Oc1ccc(Br)cc1.[Cl-]. The number of quaternary nitrogens is 1. The van der Waals surface area contributed by atoms with Crippen molar-refractivity contribution in [2.75, 3.05) is 87.5 Å². The molecule has 0 amide bonds. The van der Waals surface area contributed by atoms with Crippen molar-refractivity contribution in [1.82, 2.24) is 34.6 Å². The number of methoxy groups -OCH3 is 4. The van der Waals surface area contributed by atoms with E-state index in [-0.39, 0.29) is 48.8 Å². The quantitative estimate of drug-likeness (QED) is 0.00423. The molecule has 796 valence electrons. The number of aryl methyl sites for hydroxylation is 1. The molecule has 8 N–H and O–H groups in total. The predicted molar refractivity (Wildman–Crippen MR) is 571 cm³/mol. The predicted octanol–water partition coefficient (Wildman–Crippen LogP) is 23.0. The molecular weight excluding hydrogens is 2630 g/mol. The number of azide groups is 1. The van der Waals surface area contributed by atoms with Gasteiger partial charge in [-0.05, 0) is 239 Å². The first-order valence-corrected chi connectivity index (χ1v) is 64.3. The maximum atomic E-state index is 13.6. The minimum Gasteiger partial charge on any atom is -1.00 e. The number of carbonyl (C=O) groups excluding carboxylic acids is 4. The summed E-state index contributed by atoms with van der Waals surface area (Å²) in [6, 6.07) is 36.2. The van der Waals surface area contributed by atoms with Crippen molar-refractivity contribution in [2.45, 2.75) is 143 Å². The Balaban J connectivity index is -0.000000506. The Morgan fingerprint density at radius 1 is 0.529 bits per heavy atom. The Labute approximate surface area is 930 Å². The molecule has 61 heteroatoms. The van der Waals surface area contributed by atoms with E-state index in [2.05, 4.69) is 247 Å². The van der Waals surface area contributed by atoms with Gasteiger partial charge in [0.1, 0.15) is 58.9 Å². The van der Waals surface area contributed by atoms with Gasteiger partial charge in [0.15, 0.2) is 21.6 Å². The van der Waals surface area contributed by atoms with E-state index in [1.165, 1.54) is 106 Å². The summed E-state index contributed by atoms with van der Waals surface area (Å²) in [7, 11) is 0.804. The molecule has 2 heterocycles. The second-order valence-corrected chi connectivity index (χ2v) is 56.4. The fourth-order valence-electron chi connectivity index (χ4n) is 9.05. The molecule has 6 aromatic carbocycles. The van der Waals surface area contributed by atoms with E-state index in [1.54, 1.807) is 153 Å². The molecular formula is C79H114Br6Cl13N11O25P6+2. The van der Waals surface area contributed by atoms with Gasteiger partial charge in [-0.15, -0.1) is 0 Å². The Kier molecular flexibility index (Phi) is 84.1. The van der Waals surface area contributed by atoms with Gasteiger partial charge in [0.25, 0.3) is 5.56 Å². The van der Waals surface area contributed by atoms with Crippen LogP contribution in [0.3, 0.4) is 0 Å². The van der Waals surface area contributed by atoms with Crippen molar-refractivity contribution >= 4 is 272 Å². The van der Waals surface area contributed by atoms with Crippen LogP contribution in [0.15, 0.2) is 193 Å². The zero-order valence-corrected chi connectivity index (χ0v) is 103. The Morgan fingerprint density at radius 2 is 0.814 bits per heavy atom. The van der Waals surface area contributed by atoms with Gasteiger partial charge in [0.2, 0.25) is 11.2 Å². The Bertz CT molecular complexity index is 4920. The van der Waals surface area contributed by atoms with Crippen LogP contribution in [0.2, 0.25) is 0 Å². The fraction of sp³-hybridized carbons (Fsp3) is 0.443. The number of phenols is 1. The molecule has 0 saturated carbocycles. The molecule has 1 aliphatic rings. The molecule has 36 nitrogen and oxygen atoms in total. The topological polar surface area (TPSA) is 476 Å². The second-order valence-electron chi connectivity index (χ2n) is 26.1. The minimum atomic E-state index is -4.19. The number of esters is 4. The van der Waals surface area contributed by atoms with E-state index < -0.39 is 109 Å². The van der Waals surface area contributed by atoms with Gasteiger partial charge in [0, 0.05) is 131 Å². The van der Waals surface area contributed by atoms with Crippen LogP contribution in [0.25, 0.3) is 10.4 Å². The van der Waals surface area contributed by atoms with Crippen LogP contribution in [-0.4, -0.2) is 176 Å². The van der Waals surface area contributed by atoms with E-state index in [4.69, 9.17) is 138 Å². The molecule has 7 aromatic rings. The average molecular weight is 2740 g/mol. The lowest BCUT2D eigenvalue weighted by Crippen LogP contribution is -3.00. The van der Waals surface area contributed by atoms with Crippen molar-refractivity contribution in [2.24, 2.45) is 5.11 Å². The highest BCUT2D eigenvalue weighted by molar-refractivity contribution is 9.11. The molecule has 0 radical (unpaired) electrons. The third-order valence-electron chi connectivity index (χ3n) is 15.7. The van der Waals surface area contributed by atoms with Gasteiger partial charge in [-0.25, -0.2) is 42.6 Å². The van der Waals surface area contributed by atoms with Gasteiger partial charge in [-0.3, -0.25) is 33.3 Å². The number of hydrogen-bond donors (Lipinski definition) is 6. The van der Waals surface area contributed by atoms with E-state index in [0.717, 1.165) is 40.1 Å². The summed E-state index contributed by atoms with van der Waals surface area (Å²) >= 11 is 78.6. The van der Waals surface area contributed by atoms with Gasteiger partial charge in [-0.1, -0.05) is 177 Å². The zero-order chi connectivity index (χ0) is 108. The number of phenolic OH excluding ortho intramolecular Hbond substituents is 1. The largest absolute Gasteiger partial charge is 1.00 e. The number of ether oxygens (including phenoxy) is 6. The van der Waals surface area contributed by atoms with E-state index in [0.29, 0.717) is 28.7 Å². The van der Waals surface area contributed by atoms with Crippen LogP contribution in [-0.2, 0) is 79.5 Å². The highest BCUT2D eigenvalue weighted by atomic mass is 79.9. The summed E-state index contributed by atoms with van der Waals surface area (Å²) in [5.41, 5.74) is 11.5. The molecule has 11 atom stereocenters. The Hall–Kier alpha value is -2.34. The molecule has 1 aliphatic heterocycles. The monoisotopic (exact) mass is 2730 g/mol. The number of aromatic amines is 1. The van der Waals surface area contributed by atoms with Crippen LogP contribution in [0.1, 0.15) is 101 Å². The molecule has 1 fully saturated rings. The number of nitrogens with zero attached hydrogens (tertiary/aromatic N) is 6. The van der Waals surface area contributed by atoms with Crippen molar-refractivity contribution in [3.8, 4) is 34.5 Å². The lowest BCUT2D eigenvalue weighted by Gasteiger charge is -2.24. The number of aromatic hydroxyl groups is 1. The highest BCUT2D eigenvalue weighted by Gasteiger charge is 2.41. The van der Waals surface area contributed by atoms with Crippen molar-refractivity contribution < 1.29 is 148 Å². The third kappa shape index (κ3) is 78.8. The molecule has 8 unspecified atom stereocenters. The minimum absolute atomic E-state index is 0. The summed E-state index contributed by atoms with van der Waals surface area (Å²) in [4.78, 5) is 78.2. The van der Waals surface area contributed by atoms with Gasteiger partial charge < -0.3 is 84.1 Å². The van der Waals surface area contributed by atoms with Crippen LogP contribution >= 0.6 is 248 Å². The first kappa shape index (κ1) is 146. The number of nitrogens with one attached hydrogen (secondary N) is 4. The summed E-state index contributed by atoms with van der Waals surface area (Å²) in [6.07, 6.45) is -7.22. The van der Waals surface area contributed by atoms with E-state index in [1.807, 2.05) is 13.8 Å². The third-order valence-corrected chi connectivity index (χ3v) is 25.5. The summed E-state index contributed by atoms with van der Waals surface area (Å²) < 4.78 is 134. The highest BCUT2D eigenvalue weighted by Crippen LogP contribution is 2.57. The number of rotatable bonds is 33. The number of alkyl halides is 3. The molecule has 1 saturated heterocycles. The second kappa shape index (κ2) is 80.6. The number of aromatic nitrogens is 2. The maximum Gasteiger partial charge on any atom is 0.612 e. The Morgan fingerprint density at radius 3 is 1.06 bits per heavy atom. The van der Waals surface area contributed by atoms with Crippen LogP contribution in [0.5, 0.6) is 34.5 Å². The van der Waals surface area contributed by atoms with Gasteiger partial charge in [0.05, 0.1) is 58.4 Å². The van der Waals surface area contributed by atoms with Crippen molar-refractivity contribution in [3.05, 3.63) is 215 Å². The normalized spacial score (nSPS) is 15.0. The van der Waals surface area contributed by atoms with Crippen molar-refractivity contribution in [1.29, 1.82) is 0 Å². The number of benzene rings is 6. The molecule has 1 aromatic heterocycles. The summed E-state index contributed by atoms with van der Waals surface area (Å²) in [5.74, 6) is -0.160. The number of H-pyrrole nitrogens is 1. The fourth-order valence-corrected chi connectivity index (χ4v) is 17.2. The summed E-state index contributed by atoms with van der Waals surface area (Å²) in [6.45, 7) is 25.8. The van der Waals surface area contributed by atoms with Crippen LogP contribution in [0.4, 0.5) is 0 Å². The lowest BCUT2D eigenvalue weighted by atomic mass is 10.1.